The molecule has 1 aromatic rings. The number of rotatable bonds is 5. The van der Waals surface area contributed by atoms with Crippen molar-refractivity contribution in [3.63, 3.8) is 0 Å². The van der Waals surface area contributed by atoms with Gasteiger partial charge in [0, 0.05) is 37.6 Å². The van der Waals surface area contributed by atoms with Gasteiger partial charge in [-0.05, 0) is 58.2 Å². The van der Waals surface area contributed by atoms with E-state index >= 15 is 0 Å². The van der Waals surface area contributed by atoms with Gasteiger partial charge in [-0.1, -0.05) is 12.1 Å². The van der Waals surface area contributed by atoms with Crippen molar-refractivity contribution in [3.8, 4) is 0 Å². The molecule has 0 radical (unpaired) electrons. The monoisotopic (exact) mass is 347 g/mol. The van der Waals surface area contributed by atoms with Crippen LogP contribution in [0.25, 0.3) is 0 Å². The first kappa shape index (κ1) is 18.3. The molecule has 0 bridgehead atoms. The largest absolute Gasteiger partial charge is 0.324 e. The van der Waals surface area contributed by atoms with Gasteiger partial charge < -0.3 is 10.2 Å². The van der Waals surface area contributed by atoms with Crippen molar-refractivity contribution in [1.29, 1.82) is 0 Å². The molecule has 1 N–H and O–H groups in total. The van der Waals surface area contributed by atoms with Gasteiger partial charge in [-0.3, -0.25) is 9.69 Å². The topological polar surface area (TPSA) is 35.6 Å². The van der Waals surface area contributed by atoms with E-state index in [-0.39, 0.29) is 17.4 Å². The highest BCUT2D eigenvalue weighted by Crippen LogP contribution is 2.29. The van der Waals surface area contributed by atoms with Crippen LogP contribution in [0.3, 0.4) is 0 Å². The average molecular weight is 347 g/mol. The number of nitrogens with zero attached hydrogens (tertiary/aromatic N) is 2. The molecule has 2 heterocycles. The molecule has 5 heteroatoms. The third kappa shape index (κ3) is 4.59. The molecule has 0 unspecified atom stereocenters. The Morgan fingerprint density at radius 3 is 2.64 bits per heavy atom. The van der Waals surface area contributed by atoms with E-state index in [1.165, 1.54) is 31.7 Å². The van der Waals surface area contributed by atoms with Crippen molar-refractivity contribution >= 4 is 11.6 Å². The number of anilines is 1. The van der Waals surface area contributed by atoms with E-state index in [1.807, 2.05) is 0 Å². The van der Waals surface area contributed by atoms with E-state index in [0.717, 1.165) is 19.6 Å². The van der Waals surface area contributed by atoms with Gasteiger partial charge in [0.25, 0.3) is 0 Å². The Morgan fingerprint density at radius 1 is 1.20 bits per heavy atom. The van der Waals surface area contributed by atoms with Crippen LogP contribution in [0.1, 0.15) is 46.0 Å². The number of piperidine rings is 1. The molecular formula is C20H30FN3O. The van der Waals surface area contributed by atoms with E-state index in [1.54, 1.807) is 18.2 Å². The van der Waals surface area contributed by atoms with Crippen molar-refractivity contribution in [2.45, 2.75) is 64.1 Å². The second-order valence-corrected chi connectivity index (χ2v) is 7.60. The van der Waals surface area contributed by atoms with Gasteiger partial charge in [0.1, 0.15) is 5.82 Å². The summed E-state index contributed by atoms with van der Waals surface area (Å²) in [7, 11) is 0. The Kier molecular flexibility index (Phi) is 6.07. The quantitative estimate of drug-likeness (QED) is 0.886. The molecule has 2 fully saturated rings. The van der Waals surface area contributed by atoms with Crippen molar-refractivity contribution in [2.75, 3.05) is 25.0 Å². The molecular weight excluding hydrogens is 317 g/mol. The molecule has 1 amide bonds. The SMILES string of the molecule is C[C@@H]1CC[C@H](C)N1[C@H]1CCCN(CCC(=O)Nc2ccccc2F)C1. The normalized spacial score (nSPS) is 28.2. The second-order valence-electron chi connectivity index (χ2n) is 7.60. The minimum absolute atomic E-state index is 0.116. The van der Waals surface area contributed by atoms with Crippen LogP contribution < -0.4 is 5.32 Å². The fourth-order valence-electron chi connectivity index (χ4n) is 4.45. The lowest BCUT2D eigenvalue weighted by atomic mass is 10.0. The number of nitrogens with one attached hydrogen (secondary N) is 1. The molecule has 0 aromatic heterocycles. The molecule has 25 heavy (non-hydrogen) atoms. The summed E-state index contributed by atoms with van der Waals surface area (Å²) in [6.07, 6.45) is 5.44. The van der Waals surface area contributed by atoms with Crippen LogP contribution in [0, 0.1) is 5.82 Å². The third-order valence-electron chi connectivity index (χ3n) is 5.73. The lowest BCUT2D eigenvalue weighted by molar-refractivity contribution is -0.116. The highest BCUT2D eigenvalue weighted by molar-refractivity contribution is 5.90. The molecule has 3 rings (SSSR count). The number of para-hydroxylation sites is 1. The lowest BCUT2D eigenvalue weighted by Gasteiger charge is -2.41. The zero-order valence-electron chi connectivity index (χ0n) is 15.4. The first-order valence-electron chi connectivity index (χ1n) is 9.58. The van der Waals surface area contributed by atoms with E-state index in [4.69, 9.17) is 0 Å². The first-order chi connectivity index (χ1) is 12.0. The predicted octanol–water partition coefficient (Wildman–Crippen LogP) is 3.49. The third-order valence-corrected chi connectivity index (χ3v) is 5.73. The van der Waals surface area contributed by atoms with E-state index in [0.29, 0.717) is 24.5 Å². The summed E-state index contributed by atoms with van der Waals surface area (Å²) >= 11 is 0. The maximum atomic E-state index is 13.6. The average Bonchev–Trinajstić information content (AvgIpc) is 2.94. The first-order valence-corrected chi connectivity index (χ1v) is 9.58. The summed E-state index contributed by atoms with van der Waals surface area (Å²) in [5.41, 5.74) is 0.267. The van der Waals surface area contributed by atoms with Gasteiger partial charge in [0.05, 0.1) is 5.69 Å². The number of carbonyl (C=O) groups is 1. The molecule has 0 aliphatic carbocycles. The van der Waals surface area contributed by atoms with Gasteiger partial charge >= 0.3 is 0 Å². The number of carbonyl (C=O) groups excluding carboxylic acids is 1. The number of halogens is 1. The highest BCUT2D eigenvalue weighted by Gasteiger charge is 2.35. The van der Waals surface area contributed by atoms with E-state index in [9.17, 15) is 9.18 Å². The maximum absolute atomic E-state index is 13.6. The van der Waals surface area contributed by atoms with E-state index < -0.39 is 0 Å². The minimum atomic E-state index is -0.383. The number of benzene rings is 1. The number of hydrogen-bond donors (Lipinski definition) is 1. The maximum Gasteiger partial charge on any atom is 0.225 e. The summed E-state index contributed by atoms with van der Waals surface area (Å²) in [4.78, 5) is 17.2. The predicted molar refractivity (Wildman–Crippen MR) is 99.1 cm³/mol. The molecule has 2 saturated heterocycles. The molecule has 2 aliphatic rings. The van der Waals surface area contributed by atoms with E-state index in [2.05, 4.69) is 29.0 Å². The zero-order chi connectivity index (χ0) is 17.8. The smallest absolute Gasteiger partial charge is 0.225 e. The van der Waals surface area contributed by atoms with Crippen LogP contribution in [-0.2, 0) is 4.79 Å². The number of likely N-dealkylation sites (tertiary alicyclic amines) is 2. The number of hydrogen-bond acceptors (Lipinski definition) is 3. The molecule has 0 saturated carbocycles. The molecule has 1 aromatic carbocycles. The van der Waals surface area contributed by atoms with Gasteiger partial charge in [-0.15, -0.1) is 0 Å². The molecule has 138 valence electrons. The zero-order valence-corrected chi connectivity index (χ0v) is 15.4. The van der Waals surface area contributed by atoms with Crippen LogP contribution >= 0.6 is 0 Å². The summed E-state index contributed by atoms with van der Waals surface area (Å²) in [6.45, 7) is 7.52. The van der Waals surface area contributed by atoms with Crippen LogP contribution in [-0.4, -0.2) is 53.5 Å². The van der Waals surface area contributed by atoms with Crippen LogP contribution in [0.4, 0.5) is 10.1 Å². The Morgan fingerprint density at radius 2 is 1.92 bits per heavy atom. The van der Waals surface area contributed by atoms with Crippen LogP contribution in [0.15, 0.2) is 24.3 Å². The van der Waals surface area contributed by atoms with Gasteiger partial charge in [0.15, 0.2) is 0 Å². The summed E-state index contributed by atoms with van der Waals surface area (Å²) < 4.78 is 13.6. The van der Waals surface area contributed by atoms with Crippen LogP contribution in [0.5, 0.6) is 0 Å². The minimum Gasteiger partial charge on any atom is -0.324 e. The number of amides is 1. The molecule has 3 atom stereocenters. The second kappa shape index (κ2) is 8.28. The van der Waals surface area contributed by atoms with Crippen molar-refractivity contribution in [2.24, 2.45) is 0 Å². The standard InChI is InChI=1S/C20H30FN3O/c1-15-9-10-16(2)24(15)17-6-5-12-23(14-17)13-11-20(25)22-19-8-4-3-7-18(19)21/h3-4,7-8,15-17H,5-6,9-14H2,1-2H3,(H,22,25)/t15-,16+,17-/m0/s1. The van der Waals surface area contributed by atoms with Gasteiger partial charge in [-0.2, -0.15) is 0 Å². The van der Waals surface area contributed by atoms with Crippen molar-refractivity contribution in [3.05, 3.63) is 30.1 Å². The highest BCUT2D eigenvalue weighted by atomic mass is 19.1. The summed E-state index contributed by atoms with van der Waals surface area (Å²) in [5.74, 6) is -0.499. The lowest BCUT2D eigenvalue weighted by Crippen LogP contribution is -2.51. The molecule has 2 aliphatic heterocycles. The van der Waals surface area contributed by atoms with Crippen molar-refractivity contribution in [1.82, 2.24) is 9.80 Å². The van der Waals surface area contributed by atoms with Gasteiger partial charge in [-0.25, -0.2) is 4.39 Å². The summed E-state index contributed by atoms with van der Waals surface area (Å²) in [5, 5.41) is 2.68. The fourth-order valence-corrected chi connectivity index (χ4v) is 4.45. The van der Waals surface area contributed by atoms with Crippen LogP contribution in [0.2, 0.25) is 0 Å². The Balaban J connectivity index is 1.48. The van der Waals surface area contributed by atoms with Gasteiger partial charge in [0.2, 0.25) is 5.91 Å². The molecule has 0 spiro atoms. The molecule has 4 nitrogen and oxygen atoms in total. The fraction of sp³-hybridized carbons (Fsp3) is 0.650. The Labute approximate surface area is 150 Å². The van der Waals surface area contributed by atoms with Crippen molar-refractivity contribution < 1.29 is 9.18 Å². The summed E-state index contributed by atoms with van der Waals surface area (Å²) in [6, 6.07) is 8.26. The Bertz CT molecular complexity index is 584. The Hall–Kier alpha value is -1.46.